The Morgan fingerprint density at radius 2 is 1.67 bits per heavy atom. The maximum atomic E-state index is 6.16. The first-order chi connectivity index (χ1) is 8.30. The number of nitrogens with two attached hydrogens (primary N) is 1. The number of benzene rings is 1. The first kappa shape index (κ1) is 13.1. The summed E-state index contributed by atoms with van der Waals surface area (Å²) in [6.07, 6.45) is 0. The van der Waals surface area contributed by atoms with Gasteiger partial charge in [-0.25, -0.2) is 4.98 Å². The van der Waals surface area contributed by atoms with Gasteiger partial charge in [0.1, 0.15) is 15.7 Å². The molecule has 96 valence electrons. The zero-order valence-corrected chi connectivity index (χ0v) is 12.5. The van der Waals surface area contributed by atoms with Gasteiger partial charge in [0.2, 0.25) is 0 Å². The van der Waals surface area contributed by atoms with Crippen molar-refractivity contribution in [1.82, 2.24) is 4.98 Å². The van der Waals surface area contributed by atoms with Gasteiger partial charge in [0, 0.05) is 11.0 Å². The van der Waals surface area contributed by atoms with Crippen LogP contribution >= 0.6 is 11.3 Å². The molecule has 2 rings (SSSR count). The van der Waals surface area contributed by atoms with E-state index in [4.69, 9.17) is 10.7 Å². The molecule has 1 heterocycles. The van der Waals surface area contributed by atoms with Crippen LogP contribution in [0.25, 0.3) is 11.3 Å². The summed E-state index contributed by atoms with van der Waals surface area (Å²) in [5.41, 5.74) is 10.8. The van der Waals surface area contributed by atoms with E-state index >= 15 is 0 Å². The summed E-state index contributed by atoms with van der Waals surface area (Å²) in [4.78, 5) is 4.77. The van der Waals surface area contributed by atoms with Gasteiger partial charge in [-0.1, -0.05) is 39.0 Å². The smallest absolute Gasteiger partial charge is 0.114 e. The maximum absolute atomic E-state index is 6.16. The van der Waals surface area contributed by atoms with Gasteiger partial charge < -0.3 is 5.73 Å². The monoisotopic (exact) mass is 260 g/mol. The third-order valence-corrected chi connectivity index (χ3v) is 4.32. The van der Waals surface area contributed by atoms with Crippen molar-refractivity contribution in [2.75, 3.05) is 5.73 Å². The Morgan fingerprint density at radius 1 is 1.11 bits per heavy atom. The second-order valence-electron chi connectivity index (χ2n) is 5.75. The van der Waals surface area contributed by atoms with Gasteiger partial charge in [-0.3, -0.25) is 0 Å². The third-order valence-electron chi connectivity index (χ3n) is 3.01. The van der Waals surface area contributed by atoms with Gasteiger partial charge in [0.25, 0.3) is 0 Å². The lowest BCUT2D eigenvalue weighted by Gasteiger charge is -2.13. The van der Waals surface area contributed by atoms with E-state index in [0.29, 0.717) is 0 Å². The summed E-state index contributed by atoms with van der Waals surface area (Å²) in [5, 5.41) is 1.91. The van der Waals surface area contributed by atoms with Crippen LogP contribution in [0.5, 0.6) is 0 Å². The third kappa shape index (κ3) is 2.27. The molecule has 2 N–H and O–H groups in total. The number of aryl methyl sites for hydroxylation is 2. The molecule has 0 bridgehead atoms. The minimum absolute atomic E-state index is 0.0492. The first-order valence-corrected chi connectivity index (χ1v) is 6.95. The zero-order valence-electron chi connectivity index (χ0n) is 11.7. The standard InChI is InChI=1S/C15H20N2S/c1-9-7-6-8-10(2)11(9)12-13(16)18-14(17-12)15(3,4)5/h6-8H,16H2,1-5H3. The predicted octanol–water partition coefficient (Wildman–Crippen LogP) is 4.31. The van der Waals surface area contributed by atoms with Crippen LogP contribution in [0, 0.1) is 13.8 Å². The van der Waals surface area contributed by atoms with Crippen LogP contribution in [0.1, 0.15) is 36.9 Å². The summed E-state index contributed by atoms with van der Waals surface area (Å²) < 4.78 is 0. The van der Waals surface area contributed by atoms with E-state index in [-0.39, 0.29) is 5.41 Å². The highest BCUT2D eigenvalue weighted by molar-refractivity contribution is 7.16. The summed E-state index contributed by atoms with van der Waals surface area (Å²) in [6.45, 7) is 10.7. The van der Waals surface area contributed by atoms with E-state index in [0.717, 1.165) is 15.7 Å². The number of thiazole rings is 1. The lowest BCUT2D eigenvalue weighted by molar-refractivity contribution is 0.586. The quantitative estimate of drug-likeness (QED) is 0.830. The second-order valence-corrected chi connectivity index (χ2v) is 6.78. The molecule has 0 aliphatic heterocycles. The highest BCUT2D eigenvalue weighted by Gasteiger charge is 2.22. The molecule has 2 nitrogen and oxygen atoms in total. The van der Waals surface area contributed by atoms with Crippen molar-refractivity contribution in [3.8, 4) is 11.3 Å². The van der Waals surface area contributed by atoms with Crippen LogP contribution in [0.3, 0.4) is 0 Å². The van der Waals surface area contributed by atoms with Crippen LogP contribution in [-0.2, 0) is 5.41 Å². The van der Waals surface area contributed by atoms with E-state index < -0.39 is 0 Å². The van der Waals surface area contributed by atoms with Crippen molar-refractivity contribution in [2.45, 2.75) is 40.0 Å². The van der Waals surface area contributed by atoms with Gasteiger partial charge in [-0.15, -0.1) is 11.3 Å². The Bertz CT molecular complexity index is 556. The Hall–Kier alpha value is -1.35. The van der Waals surface area contributed by atoms with Gasteiger partial charge >= 0.3 is 0 Å². The molecule has 1 aromatic carbocycles. The maximum Gasteiger partial charge on any atom is 0.114 e. The molecule has 0 saturated carbocycles. The second kappa shape index (κ2) is 4.39. The molecule has 2 aromatic rings. The summed E-state index contributed by atoms with van der Waals surface area (Å²) >= 11 is 1.60. The van der Waals surface area contributed by atoms with Gasteiger partial charge in [-0.2, -0.15) is 0 Å². The SMILES string of the molecule is Cc1cccc(C)c1-c1nc(C(C)(C)C)sc1N. The molecular weight excluding hydrogens is 240 g/mol. The van der Waals surface area contributed by atoms with Gasteiger partial charge in [0.05, 0.1) is 0 Å². The molecule has 18 heavy (non-hydrogen) atoms. The molecule has 0 aliphatic carbocycles. The highest BCUT2D eigenvalue weighted by Crippen LogP contribution is 2.38. The molecule has 0 aliphatic rings. The largest absolute Gasteiger partial charge is 0.389 e. The molecule has 0 saturated heterocycles. The van der Waals surface area contributed by atoms with Crippen LogP contribution in [0.15, 0.2) is 18.2 Å². The van der Waals surface area contributed by atoms with Crippen molar-refractivity contribution >= 4 is 16.3 Å². The molecule has 0 unspecified atom stereocenters. The number of nitrogens with zero attached hydrogens (tertiary/aromatic N) is 1. The fourth-order valence-electron chi connectivity index (χ4n) is 2.02. The molecule has 3 heteroatoms. The topological polar surface area (TPSA) is 38.9 Å². The molecular formula is C15H20N2S. The molecule has 0 amide bonds. The van der Waals surface area contributed by atoms with E-state index in [2.05, 4.69) is 52.8 Å². The Labute approximate surface area is 113 Å². The summed E-state index contributed by atoms with van der Waals surface area (Å²) in [5.74, 6) is 0. The lowest BCUT2D eigenvalue weighted by atomic mass is 9.97. The van der Waals surface area contributed by atoms with E-state index in [1.807, 2.05) is 0 Å². The van der Waals surface area contributed by atoms with Crippen LogP contribution in [0.2, 0.25) is 0 Å². The molecule has 1 aromatic heterocycles. The molecule has 0 atom stereocenters. The first-order valence-electron chi connectivity index (χ1n) is 6.14. The Kier molecular flexibility index (Phi) is 3.20. The number of aromatic nitrogens is 1. The fourth-order valence-corrected chi connectivity index (χ4v) is 2.92. The fraction of sp³-hybridized carbons (Fsp3) is 0.400. The predicted molar refractivity (Wildman–Crippen MR) is 80.1 cm³/mol. The number of hydrogen-bond donors (Lipinski definition) is 1. The van der Waals surface area contributed by atoms with Gasteiger partial charge in [-0.05, 0) is 25.0 Å². The number of anilines is 1. The van der Waals surface area contributed by atoms with Crippen molar-refractivity contribution in [1.29, 1.82) is 0 Å². The zero-order chi connectivity index (χ0) is 13.5. The van der Waals surface area contributed by atoms with Crippen molar-refractivity contribution in [2.24, 2.45) is 0 Å². The van der Waals surface area contributed by atoms with E-state index in [9.17, 15) is 0 Å². The number of hydrogen-bond acceptors (Lipinski definition) is 3. The van der Waals surface area contributed by atoms with Crippen LogP contribution in [-0.4, -0.2) is 4.98 Å². The van der Waals surface area contributed by atoms with E-state index in [1.165, 1.54) is 16.7 Å². The Morgan fingerprint density at radius 3 is 2.11 bits per heavy atom. The Balaban J connectivity index is 2.62. The van der Waals surface area contributed by atoms with Crippen LogP contribution < -0.4 is 5.73 Å². The van der Waals surface area contributed by atoms with Crippen molar-refractivity contribution in [3.63, 3.8) is 0 Å². The van der Waals surface area contributed by atoms with Crippen LogP contribution in [0.4, 0.5) is 5.00 Å². The minimum Gasteiger partial charge on any atom is -0.389 e. The van der Waals surface area contributed by atoms with E-state index in [1.54, 1.807) is 11.3 Å². The molecule has 0 radical (unpaired) electrons. The molecule has 0 fully saturated rings. The lowest BCUT2D eigenvalue weighted by Crippen LogP contribution is -2.10. The summed E-state index contributed by atoms with van der Waals surface area (Å²) in [7, 11) is 0. The van der Waals surface area contributed by atoms with Crippen molar-refractivity contribution in [3.05, 3.63) is 34.3 Å². The highest BCUT2D eigenvalue weighted by atomic mass is 32.1. The number of rotatable bonds is 1. The molecule has 0 spiro atoms. The number of nitrogen functional groups attached to an aromatic ring is 1. The minimum atomic E-state index is 0.0492. The summed E-state index contributed by atoms with van der Waals surface area (Å²) in [6, 6.07) is 6.29. The van der Waals surface area contributed by atoms with Gasteiger partial charge in [0.15, 0.2) is 0 Å². The average molecular weight is 260 g/mol. The normalized spacial score (nSPS) is 11.8. The average Bonchev–Trinajstić information content (AvgIpc) is 2.60. The van der Waals surface area contributed by atoms with Crippen molar-refractivity contribution < 1.29 is 0 Å².